The summed E-state index contributed by atoms with van der Waals surface area (Å²) < 4.78 is 5.30. The van der Waals surface area contributed by atoms with Crippen LogP contribution in [0.4, 0.5) is 4.79 Å². The zero-order chi connectivity index (χ0) is 26.8. The molecular formula is C29H43N5O4. The summed E-state index contributed by atoms with van der Waals surface area (Å²) in [7, 11) is 4.32. The smallest absolute Gasteiger partial charge is 0.321 e. The second-order valence-corrected chi connectivity index (χ2v) is 11.8. The molecule has 1 aromatic carbocycles. The van der Waals surface area contributed by atoms with Crippen LogP contribution >= 0.6 is 0 Å². The monoisotopic (exact) mass is 525 g/mol. The Hall–Kier alpha value is -2.65. The highest BCUT2D eigenvalue weighted by molar-refractivity contribution is 5.89. The predicted octanol–water partition coefficient (Wildman–Crippen LogP) is 2.27. The average molecular weight is 526 g/mol. The fourth-order valence-corrected chi connectivity index (χ4v) is 6.84. The summed E-state index contributed by atoms with van der Waals surface area (Å²) in [5, 5.41) is 2.76. The first-order valence-electron chi connectivity index (χ1n) is 14.2. The van der Waals surface area contributed by atoms with Crippen molar-refractivity contribution in [1.29, 1.82) is 0 Å². The van der Waals surface area contributed by atoms with Crippen molar-refractivity contribution in [2.75, 3.05) is 66.6 Å². The van der Waals surface area contributed by atoms with Gasteiger partial charge in [-0.05, 0) is 64.1 Å². The molecule has 38 heavy (non-hydrogen) atoms. The predicted molar refractivity (Wildman–Crippen MR) is 144 cm³/mol. The van der Waals surface area contributed by atoms with Gasteiger partial charge in [-0.3, -0.25) is 14.5 Å². The Morgan fingerprint density at radius 3 is 2.34 bits per heavy atom. The molecular weight excluding hydrogens is 482 g/mol. The number of carbonyl (C=O) groups excluding carboxylic acids is 3. The van der Waals surface area contributed by atoms with Gasteiger partial charge in [0.2, 0.25) is 11.8 Å². The topological polar surface area (TPSA) is 85.4 Å². The van der Waals surface area contributed by atoms with Gasteiger partial charge < -0.3 is 24.8 Å². The van der Waals surface area contributed by atoms with E-state index < -0.39 is 0 Å². The zero-order valence-electron chi connectivity index (χ0n) is 23.0. The van der Waals surface area contributed by atoms with Crippen molar-refractivity contribution in [1.82, 2.24) is 24.9 Å². The molecule has 0 bridgehead atoms. The minimum absolute atomic E-state index is 0.00432. The van der Waals surface area contributed by atoms with E-state index in [1.165, 1.54) is 24.8 Å². The number of hydrogen-bond donors (Lipinski definition) is 1. The van der Waals surface area contributed by atoms with E-state index in [4.69, 9.17) is 4.74 Å². The van der Waals surface area contributed by atoms with Gasteiger partial charge in [0.1, 0.15) is 6.54 Å². The molecule has 9 nitrogen and oxygen atoms in total. The van der Waals surface area contributed by atoms with Crippen molar-refractivity contribution in [2.45, 2.75) is 56.0 Å². The number of benzene rings is 1. The highest BCUT2D eigenvalue weighted by Gasteiger charge is 2.55. The van der Waals surface area contributed by atoms with E-state index in [-0.39, 0.29) is 42.0 Å². The minimum Gasteiger partial charge on any atom is -0.378 e. The Morgan fingerprint density at radius 2 is 1.74 bits per heavy atom. The standard InChI is InChI=1S/C29H43N5O4/c1-31(2)29(24-9-4-3-5-10-24)13-11-28(12-14-29)22-33(27(37)34(28)20-23-7-6-8-23)21-25(35)30-19-26(36)32-15-17-38-18-16-32/h3-5,9-10,23H,6-8,11-22H2,1-2H3,(H,30,35). The van der Waals surface area contributed by atoms with E-state index >= 15 is 0 Å². The SMILES string of the molecule is CN(C)C1(c2ccccc2)CCC2(CC1)CN(CC(=O)NCC(=O)N1CCOCC1)C(=O)N2CC1CCC1. The van der Waals surface area contributed by atoms with E-state index in [1.54, 1.807) is 9.80 Å². The summed E-state index contributed by atoms with van der Waals surface area (Å²) in [6.07, 6.45) is 7.34. The van der Waals surface area contributed by atoms with Crippen LogP contribution in [-0.2, 0) is 19.9 Å². The minimum atomic E-state index is -0.275. The molecule has 2 aliphatic carbocycles. The van der Waals surface area contributed by atoms with Gasteiger partial charge in [-0.25, -0.2) is 4.79 Å². The van der Waals surface area contributed by atoms with Crippen LogP contribution in [0.3, 0.4) is 0 Å². The molecule has 0 atom stereocenters. The summed E-state index contributed by atoms with van der Waals surface area (Å²) in [6, 6.07) is 10.7. The molecule has 0 aromatic heterocycles. The quantitative estimate of drug-likeness (QED) is 0.563. The molecule has 4 fully saturated rings. The summed E-state index contributed by atoms with van der Waals surface area (Å²) >= 11 is 0. The number of ether oxygens (including phenoxy) is 1. The van der Waals surface area contributed by atoms with E-state index in [0.717, 1.165) is 32.2 Å². The maximum atomic E-state index is 13.7. The van der Waals surface area contributed by atoms with Crippen LogP contribution in [0.5, 0.6) is 0 Å². The number of urea groups is 1. The zero-order valence-corrected chi connectivity index (χ0v) is 23.0. The number of nitrogens with zero attached hydrogens (tertiary/aromatic N) is 4. The van der Waals surface area contributed by atoms with Gasteiger partial charge in [0.15, 0.2) is 0 Å². The Morgan fingerprint density at radius 1 is 1.05 bits per heavy atom. The Balaban J connectivity index is 1.26. The number of morpholine rings is 1. The average Bonchev–Trinajstić information content (AvgIpc) is 3.15. The van der Waals surface area contributed by atoms with Gasteiger partial charge in [0, 0.05) is 31.7 Å². The van der Waals surface area contributed by atoms with Crippen molar-refractivity contribution in [2.24, 2.45) is 5.92 Å². The highest BCUT2D eigenvalue weighted by Crippen LogP contribution is 2.49. The van der Waals surface area contributed by atoms with E-state index in [9.17, 15) is 14.4 Å². The third-order valence-corrected chi connectivity index (χ3v) is 9.53. The fourth-order valence-electron chi connectivity index (χ4n) is 6.84. The number of hydrogen-bond acceptors (Lipinski definition) is 5. The molecule has 2 aliphatic heterocycles. The number of rotatable bonds is 8. The molecule has 4 amide bonds. The van der Waals surface area contributed by atoms with Gasteiger partial charge in [0.05, 0.1) is 25.3 Å². The molecule has 208 valence electrons. The van der Waals surface area contributed by atoms with E-state index in [2.05, 4.69) is 59.5 Å². The molecule has 4 aliphatic rings. The summed E-state index contributed by atoms with van der Waals surface area (Å²) in [6.45, 7) is 3.47. The fraction of sp³-hybridized carbons (Fsp3) is 0.690. The van der Waals surface area contributed by atoms with Crippen LogP contribution in [0.15, 0.2) is 30.3 Å². The van der Waals surface area contributed by atoms with Crippen molar-refractivity contribution in [3.05, 3.63) is 35.9 Å². The summed E-state index contributed by atoms with van der Waals surface area (Å²) in [5.74, 6) is 0.180. The molecule has 1 spiro atoms. The lowest BCUT2D eigenvalue weighted by atomic mass is 9.68. The van der Waals surface area contributed by atoms with Crippen molar-refractivity contribution in [3.63, 3.8) is 0 Å². The summed E-state index contributed by atoms with van der Waals surface area (Å²) in [4.78, 5) is 46.9. The third kappa shape index (κ3) is 5.27. The molecule has 2 saturated carbocycles. The maximum Gasteiger partial charge on any atom is 0.321 e. The van der Waals surface area contributed by atoms with Gasteiger partial charge in [-0.2, -0.15) is 0 Å². The van der Waals surface area contributed by atoms with Gasteiger partial charge in [-0.1, -0.05) is 36.8 Å². The molecule has 5 rings (SSSR count). The molecule has 2 heterocycles. The highest BCUT2D eigenvalue weighted by atomic mass is 16.5. The van der Waals surface area contributed by atoms with Gasteiger partial charge in [-0.15, -0.1) is 0 Å². The van der Waals surface area contributed by atoms with Crippen molar-refractivity contribution in [3.8, 4) is 0 Å². The summed E-state index contributed by atoms with van der Waals surface area (Å²) in [5.41, 5.74) is 1.03. The number of carbonyl (C=O) groups is 3. The van der Waals surface area contributed by atoms with Crippen LogP contribution in [0.2, 0.25) is 0 Å². The lowest BCUT2D eigenvalue weighted by Gasteiger charge is -2.51. The molecule has 0 unspecified atom stereocenters. The Bertz CT molecular complexity index is 997. The lowest BCUT2D eigenvalue weighted by Crippen LogP contribution is -2.56. The molecule has 2 saturated heterocycles. The molecule has 1 N–H and O–H groups in total. The maximum absolute atomic E-state index is 13.7. The van der Waals surface area contributed by atoms with Crippen LogP contribution in [0.25, 0.3) is 0 Å². The Kier molecular flexibility index (Phi) is 7.95. The number of amides is 4. The first kappa shape index (κ1) is 26.9. The molecule has 1 aromatic rings. The Labute approximate surface area is 226 Å². The van der Waals surface area contributed by atoms with Crippen LogP contribution in [0, 0.1) is 5.92 Å². The van der Waals surface area contributed by atoms with E-state index in [1.807, 2.05) is 0 Å². The molecule has 9 heteroatoms. The van der Waals surface area contributed by atoms with Crippen LogP contribution in [0.1, 0.15) is 50.5 Å². The first-order chi connectivity index (χ1) is 18.3. The van der Waals surface area contributed by atoms with Crippen LogP contribution < -0.4 is 5.32 Å². The second kappa shape index (κ2) is 11.2. The van der Waals surface area contributed by atoms with Crippen LogP contribution in [-0.4, -0.2) is 110 Å². The van der Waals surface area contributed by atoms with E-state index in [0.29, 0.717) is 38.8 Å². The first-order valence-corrected chi connectivity index (χ1v) is 14.2. The second-order valence-electron chi connectivity index (χ2n) is 11.8. The van der Waals surface area contributed by atoms with Crippen molar-refractivity contribution < 1.29 is 19.1 Å². The lowest BCUT2D eigenvalue weighted by molar-refractivity contribution is -0.136. The van der Waals surface area contributed by atoms with Gasteiger partial charge >= 0.3 is 6.03 Å². The number of nitrogens with one attached hydrogen (secondary N) is 1. The van der Waals surface area contributed by atoms with Gasteiger partial charge in [0.25, 0.3) is 0 Å². The van der Waals surface area contributed by atoms with Crippen molar-refractivity contribution >= 4 is 17.8 Å². The molecule has 0 radical (unpaired) electrons. The largest absolute Gasteiger partial charge is 0.378 e. The normalized spacial score (nSPS) is 28.2. The third-order valence-electron chi connectivity index (χ3n) is 9.53.